The molecular weight excluding hydrogens is 311 g/mol. The van der Waals surface area contributed by atoms with Crippen molar-refractivity contribution in [2.45, 2.75) is 0 Å². The van der Waals surface area contributed by atoms with Crippen LogP contribution >= 0.6 is 0 Å². The van der Waals surface area contributed by atoms with E-state index in [9.17, 15) is 4.39 Å². The lowest BCUT2D eigenvalue weighted by Crippen LogP contribution is -2.37. The van der Waals surface area contributed by atoms with Crippen LogP contribution in [0.1, 0.15) is 0 Å². The minimum Gasteiger partial charge on any atom is -0.378 e. The number of rotatable bonds is 3. The van der Waals surface area contributed by atoms with E-state index in [2.05, 4.69) is 25.3 Å². The Morgan fingerprint density at radius 2 is 1.75 bits per heavy atom. The van der Waals surface area contributed by atoms with E-state index in [1.807, 2.05) is 4.90 Å². The third kappa shape index (κ3) is 2.95. The van der Waals surface area contributed by atoms with E-state index in [0.29, 0.717) is 36.1 Å². The van der Waals surface area contributed by atoms with Gasteiger partial charge in [0.05, 0.1) is 13.2 Å². The fourth-order valence-corrected chi connectivity index (χ4v) is 2.51. The minimum atomic E-state index is -0.290. The first-order chi connectivity index (χ1) is 11.8. The number of nitrogens with zero attached hydrogens (tertiary/aromatic N) is 5. The van der Waals surface area contributed by atoms with Gasteiger partial charge in [-0.25, -0.2) is 14.4 Å². The van der Waals surface area contributed by atoms with Crippen LogP contribution in [0.25, 0.3) is 11.2 Å². The number of benzene rings is 1. The van der Waals surface area contributed by atoms with Gasteiger partial charge in [0.2, 0.25) is 5.95 Å². The summed E-state index contributed by atoms with van der Waals surface area (Å²) in [5.41, 5.74) is 1.80. The standard InChI is InChI=1S/C16H15FN6O/c17-11-1-3-12(4-2-11)20-15-13-14(19-6-5-18-13)21-16(22-15)23-7-9-24-10-8-23/h1-6H,7-10H2,(H,19,20,21,22). The summed E-state index contributed by atoms with van der Waals surface area (Å²) in [7, 11) is 0. The van der Waals surface area contributed by atoms with Crippen molar-refractivity contribution in [3.8, 4) is 0 Å². The van der Waals surface area contributed by atoms with Crippen LogP contribution in [0.3, 0.4) is 0 Å². The second-order valence-corrected chi connectivity index (χ2v) is 5.33. The van der Waals surface area contributed by atoms with E-state index in [-0.39, 0.29) is 5.82 Å². The van der Waals surface area contributed by atoms with E-state index in [1.165, 1.54) is 12.1 Å². The highest BCUT2D eigenvalue weighted by molar-refractivity contribution is 5.85. The highest BCUT2D eigenvalue weighted by Crippen LogP contribution is 2.24. The maximum atomic E-state index is 13.1. The lowest BCUT2D eigenvalue weighted by Gasteiger charge is -2.27. The van der Waals surface area contributed by atoms with Crippen LogP contribution in [0.5, 0.6) is 0 Å². The van der Waals surface area contributed by atoms with Crippen LogP contribution in [-0.4, -0.2) is 46.2 Å². The van der Waals surface area contributed by atoms with Gasteiger partial charge in [-0.15, -0.1) is 0 Å². The molecule has 3 aromatic rings. The zero-order chi connectivity index (χ0) is 16.4. The highest BCUT2D eigenvalue weighted by Gasteiger charge is 2.17. The van der Waals surface area contributed by atoms with Crippen LogP contribution in [0.15, 0.2) is 36.7 Å². The number of fused-ring (bicyclic) bond motifs is 1. The molecule has 0 amide bonds. The molecule has 1 N–H and O–H groups in total. The maximum absolute atomic E-state index is 13.1. The Hall–Kier alpha value is -2.87. The topological polar surface area (TPSA) is 76.1 Å². The van der Waals surface area contributed by atoms with E-state index in [4.69, 9.17) is 4.74 Å². The second-order valence-electron chi connectivity index (χ2n) is 5.33. The zero-order valence-electron chi connectivity index (χ0n) is 12.8. The Balaban J connectivity index is 1.75. The van der Waals surface area contributed by atoms with Gasteiger partial charge < -0.3 is 15.0 Å². The smallest absolute Gasteiger partial charge is 0.229 e. The van der Waals surface area contributed by atoms with Crippen molar-refractivity contribution in [2.75, 3.05) is 36.5 Å². The predicted octanol–water partition coefficient (Wildman–Crippen LogP) is 2.14. The number of morpholine rings is 1. The zero-order valence-corrected chi connectivity index (χ0v) is 12.8. The summed E-state index contributed by atoms with van der Waals surface area (Å²) in [6.07, 6.45) is 3.19. The number of nitrogens with one attached hydrogen (secondary N) is 1. The van der Waals surface area contributed by atoms with Gasteiger partial charge in [0.25, 0.3) is 0 Å². The van der Waals surface area contributed by atoms with E-state index in [1.54, 1.807) is 24.5 Å². The van der Waals surface area contributed by atoms with Crippen LogP contribution < -0.4 is 10.2 Å². The Bertz CT molecular complexity index is 851. The van der Waals surface area contributed by atoms with Gasteiger partial charge in [-0.2, -0.15) is 9.97 Å². The molecule has 1 aromatic carbocycles. The SMILES string of the molecule is Fc1ccc(Nc2nc(N3CCOCC3)nc3nccnc23)cc1. The van der Waals surface area contributed by atoms with Crippen molar-refractivity contribution in [3.63, 3.8) is 0 Å². The second kappa shape index (κ2) is 6.32. The molecule has 0 atom stereocenters. The molecule has 0 saturated carbocycles. The molecule has 1 aliphatic heterocycles. The summed E-state index contributed by atoms with van der Waals surface area (Å²) in [6, 6.07) is 6.07. The van der Waals surface area contributed by atoms with Crippen molar-refractivity contribution >= 4 is 28.6 Å². The van der Waals surface area contributed by atoms with Gasteiger partial charge in [-0.05, 0) is 24.3 Å². The number of hydrogen-bond acceptors (Lipinski definition) is 7. The molecule has 7 nitrogen and oxygen atoms in total. The van der Waals surface area contributed by atoms with Crippen LogP contribution in [0.2, 0.25) is 0 Å². The fraction of sp³-hybridized carbons (Fsp3) is 0.250. The molecule has 0 radical (unpaired) electrons. The molecule has 24 heavy (non-hydrogen) atoms. The molecule has 122 valence electrons. The van der Waals surface area contributed by atoms with Gasteiger partial charge in [0, 0.05) is 31.2 Å². The maximum Gasteiger partial charge on any atom is 0.229 e. The minimum absolute atomic E-state index is 0.290. The molecule has 1 saturated heterocycles. The summed E-state index contributed by atoms with van der Waals surface area (Å²) in [6.45, 7) is 2.73. The summed E-state index contributed by atoms with van der Waals surface area (Å²) in [5.74, 6) is 0.832. The first-order valence-electron chi connectivity index (χ1n) is 7.64. The molecule has 1 fully saturated rings. The molecule has 8 heteroatoms. The number of anilines is 3. The van der Waals surface area contributed by atoms with Crippen LogP contribution in [0.4, 0.5) is 21.8 Å². The van der Waals surface area contributed by atoms with Gasteiger partial charge >= 0.3 is 0 Å². The lowest BCUT2D eigenvalue weighted by molar-refractivity contribution is 0.122. The van der Waals surface area contributed by atoms with Crippen molar-refractivity contribution in [1.29, 1.82) is 0 Å². The molecule has 1 aliphatic rings. The number of aromatic nitrogens is 4. The molecule has 0 spiro atoms. The van der Waals surface area contributed by atoms with Crippen LogP contribution in [-0.2, 0) is 4.74 Å². The van der Waals surface area contributed by atoms with Crippen molar-refractivity contribution in [1.82, 2.24) is 19.9 Å². The Kier molecular flexibility index (Phi) is 3.87. The number of halogens is 1. The molecule has 0 unspecified atom stereocenters. The first kappa shape index (κ1) is 14.7. The average Bonchev–Trinajstić information content (AvgIpc) is 2.64. The van der Waals surface area contributed by atoms with E-state index >= 15 is 0 Å². The van der Waals surface area contributed by atoms with Gasteiger partial charge in [-0.1, -0.05) is 0 Å². The van der Waals surface area contributed by atoms with E-state index in [0.717, 1.165) is 18.8 Å². The number of ether oxygens (including phenoxy) is 1. The number of hydrogen-bond donors (Lipinski definition) is 1. The molecule has 4 rings (SSSR count). The molecular formula is C16H15FN6O. The Morgan fingerprint density at radius 1 is 1.00 bits per heavy atom. The van der Waals surface area contributed by atoms with Crippen LogP contribution in [0, 0.1) is 5.82 Å². The van der Waals surface area contributed by atoms with Gasteiger partial charge in [0.1, 0.15) is 5.82 Å². The third-order valence-electron chi connectivity index (χ3n) is 3.72. The third-order valence-corrected chi connectivity index (χ3v) is 3.72. The van der Waals surface area contributed by atoms with Crippen molar-refractivity contribution in [2.24, 2.45) is 0 Å². The van der Waals surface area contributed by atoms with Gasteiger partial charge in [0.15, 0.2) is 17.0 Å². The van der Waals surface area contributed by atoms with Gasteiger partial charge in [-0.3, -0.25) is 0 Å². The average molecular weight is 326 g/mol. The largest absolute Gasteiger partial charge is 0.378 e. The monoisotopic (exact) mass is 326 g/mol. The summed E-state index contributed by atoms with van der Waals surface area (Å²) < 4.78 is 18.5. The quantitative estimate of drug-likeness (QED) is 0.790. The summed E-state index contributed by atoms with van der Waals surface area (Å²) in [4.78, 5) is 19.7. The Labute approximate surface area is 137 Å². The summed E-state index contributed by atoms with van der Waals surface area (Å²) >= 11 is 0. The molecule has 0 aliphatic carbocycles. The predicted molar refractivity (Wildman–Crippen MR) is 87.8 cm³/mol. The fourth-order valence-electron chi connectivity index (χ4n) is 2.51. The molecule has 0 bridgehead atoms. The van der Waals surface area contributed by atoms with E-state index < -0.39 is 0 Å². The summed E-state index contributed by atoms with van der Waals surface area (Å²) in [5, 5.41) is 3.18. The van der Waals surface area contributed by atoms with Crippen molar-refractivity contribution < 1.29 is 9.13 Å². The normalized spacial score (nSPS) is 14.8. The molecule has 2 aromatic heterocycles. The molecule has 3 heterocycles. The highest BCUT2D eigenvalue weighted by atomic mass is 19.1. The first-order valence-corrected chi connectivity index (χ1v) is 7.64. The Morgan fingerprint density at radius 3 is 2.54 bits per heavy atom. The van der Waals surface area contributed by atoms with Crippen molar-refractivity contribution in [3.05, 3.63) is 42.5 Å². The lowest BCUT2D eigenvalue weighted by atomic mass is 10.3.